The van der Waals surface area contributed by atoms with E-state index < -0.39 is 8.24 Å². The second kappa shape index (κ2) is 5.77. The molecule has 2 aliphatic heterocycles. The fourth-order valence-corrected chi connectivity index (χ4v) is 5.32. The molecule has 0 N–H and O–H groups in total. The van der Waals surface area contributed by atoms with Gasteiger partial charge in [0, 0.05) is 13.0 Å². The summed E-state index contributed by atoms with van der Waals surface area (Å²) in [5, 5.41) is 0.183. The quantitative estimate of drug-likeness (QED) is 0.591. The van der Waals surface area contributed by atoms with Crippen molar-refractivity contribution in [3.05, 3.63) is 0 Å². The molecule has 2 rings (SSSR count). The molecule has 2 heterocycles. The molecule has 0 radical (unpaired) electrons. The van der Waals surface area contributed by atoms with E-state index in [0.29, 0.717) is 18.9 Å². The van der Waals surface area contributed by atoms with E-state index in [0.717, 1.165) is 19.4 Å². The van der Waals surface area contributed by atoms with E-state index in [2.05, 4.69) is 38.4 Å². The van der Waals surface area contributed by atoms with E-state index in [1.54, 1.807) is 0 Å². The summed E-state index contributed by atoms with van der Waals surface area (Å²) < 4.78 is 13.6. The maximum absolute atomic E-state index is 12.1. The van der Waals surface area contributed by atoms with Crippen LogP contribution < -0.4 is 0 Å². The average Bonchev–Trinajstić information content (AvgIpc) is 2.33. The third-order valence-electron chi connectivity index (χ3n) is 5.09. The largest absolute Gasteiger partial charge is 0.364 e. The van der Waals surface area contributed by atoms with Gasteiger partial charge in [-0.15, -0.1) is 0 Å². The highest BCUT2D eigenvalue weighted by atomic mass is 28.3. The topological polar surface area (TPSA) is 38.8 Å². The Bertz CT molecular complexity index is 359. The molecule has 2 fully saturated rings. The van der Waals surface area contributed by atoms with Gasteiger partial charge < -0.3 is 14.0 Å². The molecule has 4 nitrogen and oxygen atoms in total. The molecule has 1 amide bonds. The minimum absolute atomic E-state index is 0.0549. The molecule has 2 saturated heterocycles. The zero-order chi connectivity index (χ0) is 15.0. The van der Waals surface area contributed by atoms with Crippen LogP contribution in [-0.2, 0) is 14.3 Å². The molecule has 5 heteroatoms. The molecular weight excluding hydrogens is 270 g/mol. The van der Waals surface area contributed by atoms with Gasteiger partial charge in [-0.3, -0.25) is 4.79 Å². The number of hydrogen-bond acceptors (Lipinski definition) is 3. The molecule has 2 aliphatic rings. The zero-order valence-electron chi connectivity index (χ0n) is 13.6. The summed E-state index contributed by atoms with van der Waals surface area (Å²) >= 11 is 0. The van der Waals surface area contributed by atoms with Crippen LogP contribution in [0.3, 0.4) is 0 Å². The van der Waals surface area contributed by atoms with Crippen molar-refractivity contribution < 1.29 is 14.3 Å². The molecule has 0 aromatic heterocycles. The third-order valence-corrected chi connectivity index (χ3v) is 10.6. The van der Waals surface area contributed by atoms with Crippen molar-refractivity contribution in [2.45, 2.75) is 76.9 Å². The molecule has 0 aliphatic carbocycles. The average molecular weight is 299 g/mol. The van der Waals surface area contributed by atoms with Gasteiger partial charge in [0.1, 0.15) is 0 Å². The number of carbonyl (C=O) groups is 1. The second-order valence-electron chi connectivity index (χ2n) is 7.56. The van der Waals surface area contributed by atoms with Gasteiger partial charge in [-0.2, -0.15) is 0 Å². The highest BCUT2D eigenvalue weighted by Crippen LogP contribution is 2.42. The molecule has 0 spiro atoms. The van der Waals surface area contributed by atoms with Gasteiger partial charge in [0.15, 0.2) is 14.5 Å². The highest BCUT2D eigenvalue weighted by Gasteiger charge is 2.51. The van der Waals surface area contributed by atoms with Gasteiger partial charge in [0.05, 0.1) is 12.6 Å². The Kier molecular flexibility index (Phi) is 4.62. The summed E-state index contributed by atoms with van der Waals surface area (Å²) in [4.78, 5) is 12.1. The lowest BCUT2D eigenvalue weighted by molar-refractivity contribution is -0.178. The Balaban J connectivity index is 1.91. The number of ether oxygens (including phenoxy) is 2. The normalized spacial score (nSPS) is 28.4. The lowest BCUT2D eigenvalue weighted by Crippen LogP contribution is -2.69. The van der Waals surface area contributed by atoms with Crippen molar-refractivity contribution in [1.82, 2.24) is 4.57 Å². The van der Waals surface area contributed by atoms with E-state index in [4.69, 9.17) is 9.47 Å². The summed E-state index contributed by atoms with van der Waals surface area (Å²) in [5.74, 6) is 0.301. The zero-order valence-corrected chi connectivity index (χ0v) is 14.6. The predicted octanol–water partition coefficient (Wildman–Crippen LogP) is 3.14. The molecular formula is C15H29NO3Si. The fraction of sp³-hybridized carbons (Fsp3) is 0.933. The Morgan fingerprint density at radius 1 is 1.35 bits per heavy atom. The molecule has 0 aromatic rings. The van der Waals surface area contributed by atoms with Crippen molar-refractivity contribution in [3.8, 4) is 0 Å². The van der Waals surface area contributed by atoms with Gasteiger partial charge >= 0.3 is 0 Å². The smallest absolute Gasteiger partial charge is 0.217 e. The van der Waals surface area contributed by atoms with E-state index in [-0.39, 0.29) is 17.4 Å². The fourth-order valence-electron chi connectivity index (χ4n) is 2.81. The molecule has 116 valence electrons. The van der Waals surface area contributed by atoms with Crippen molar-refractivity contribution in [1.29, 1.82) is 0 Å². The van der Waals surface area contributed by atoms with E-state index in [1.165, 1.54) is 6.42 Å². The maximum Gasteiger partial charge on any atom is 0.217 e. The first-order valence-corrected chi connectivity index (χ1v) is 10.7. The lowest BCUT2D eigenvalue weighted by Gasteiger charge is -2.55. The molecule has 2 atom stereocenters. The number of amides is 1. The molecule has 20 heavy (non-hydrogen) atoms. The molecule has 1 unspecified atom stereocenters. The van der Waals surface area contributed by atoms with Gasteiger partial charge in [-0.05, 0) is 24.3 Å². The summed E-state index contributed by atoms with van der Waals surface area (Å²) in [6.45, 7) is 12.7. The van der Waals surface area contributed by atoms with Crippen LogP contribution in [0.15, 0.2) is 0 Å². The number of β-lactam (4-membered cyclic amide) rings is 1. The third kappa shape index (κ3) is 3.10. The summed E-state index contributed by atoms with van der Waals surface area (Å²) in [5.41, 5.74) is 0. The van der Waals surface area contributed by atoms with E-state index in [1.807, 2.05) is 0 Å². The molecule has 0 aromatic carbocycles. The van der Waals surface area contributed by atoms with Crippen LogP contribution in [0.4, 0.5) is 0 Å². The van der Waals surface area contributed by atoms with Gasteiger partial charge in [-0.25, -0.2) is 0 Å². The lowest BCUT2D eigenvalue weighted by atomic mass is 10.1. The van der Waals surface area contributed by atoms with Crippen molar-refractivity contribution in [2.75, 3.05) is 13.2 Å². The monoisotopic (exact) mass is 299 g/mol. The predicted molar refractivity (Wildman–Crippen MR) is 82.0 cm³/mol. The number of hydrogen-bond donors (Lipinski definition) is 0. The first-order valence-electron chi connectivity index (χ1n) is 7.79. The maximum atomic E-state index is 12.1. The summed E-state index contributed by atoms with van der Waals surface area (Å²) in [6.07, 6.45) is 3.89. The van der Waals surface area contributed by atoms with Crippen LogP contribution in [0.5, 0.6) is 0 Å². The van der Waals surface area contributed by atoms with Gasteiger partial charge in [0.25, 0.3) is 0 Å². The van der Waals surface area contributed by atoms with Gasteiger partial charge in [-0.1, -0.05) is 33.9 Å². The Morgan fingerprint density at radius 2 is 2.05 bits per heavy atom. The van der Waals surface area contributed by atoms with Crippen molar-refractivity contribution >= 4 is 14.1 Å². The van der Waals surface area contributed by atoms with E-state index in [9.17, 15) is 4.79 Å². The first kappa shape index (κ1) is 16.0. The van der Waals surface area contributed by atoms with Crippen LogP contribution in [0.25, 0.3) is 0 Å². The SMILES string of the molecule is CC(C)(C)[Si](C)(C)N1C(=O)C[C@@H]1COC1CCCCO1. The molecule has 0 saturated carbocycles. The second-order valence-corrected chi connectivity index (χ2v) is 12.7. The minimum Gasteiger partial charge on any atom is -0.364 e. The minimum atomic E-state index is -1.77. The summed E-state index contributed by atoms with van der Waals surface area (Å²) in [6, 6.07) is 0.258. The Morgan fingerprint density at radius 3 is 2.55 bits per heavy atom. The highest BCUT2D eigenvalue weighted by molar-refractivity contribution is 6.79. The number of rotatable bonds is 4. The van der Waals surface area contributed by atoms with Crippen molar-refractivity contribution in [2.24, 2.45) is 0 Å². The van der Waals surface area contributed by atoms with Crippen LogP contribution >= 0.6 is 0 Å². The summed E-state index contributed by atoms with van der Waals surface area (Å²) in [7, 11) is -1.77. The first-order chi connectivity index (χ1) is 9.23. The standard InChI is InChI=1S/C15H29NO3Si/c1-15(2,3)20(4,5)16-12(10-13(16)17)11-19-14-8-6-7-9-18-14/h12,14H,6-11H2,1-5H3/t12-,14?/m1/s1. The van der Waals surface area contributed by atoms with Crippen molar-refractivity contribution in [3.63, 3.8) is 0 Å². The Hall–Kier alpha value is -0.393. The van der Waals surface area contributed by atoms with Crippen LogP contribution in [0.2, 0.25) is 18.1 Å². The number of nitrogens with zero attached hydrogens (tertiary/aromatic N) is 1. The molecule has 0 bridgehead atoms. The van der Waals surface area contributed by atoms with E-state index >= 15 is 0 Å². The van der Waals surface area contributed by atoms with Crippen LogP contribution in [-0.4, -0.2) is 44.3 Å². The van der Waals surface area contributed by atoms with Crippen LogP contribution in [0.1, 0.15) is 46.5 Å². The Labute approximate surface area is 123 Å². The van der Waals surface area contributed by atoms with Crippen LogP contribution in [0, 0.1) is 0 Å². The van der Waals surface area contributed by atoms with Gasteiger partial charge in [0.2, 0.25) is 5.91 Å². The number of carbonyl (C=O) groups excluding carboxylic acids is 1.